The van der Waals surface area contributed by atoms with Crippen LogP contribution in [0.25, 0.3) is 22.2 Å². The summed E-state index contributed by atoms with van der Waals surface area (Å²) in [5.41, 5.74) is 5.54. The van der Waals surface area contributed by atoms with Gasteiger partial charge in [-0.15, -0.1) is 6.42 Å². The lowest BCUT2D eigenvalue weighted by atomic mass is 10.1. The largest absolute Gasteiger partial charge is 0.492 e. The Hall–Kier alpha value is -3.63. The normalized spacial score (nSPS) is 16.0. The predicted molar refractivity (Wildman–Crippen MR) is 124 cm³/mol. The molecule has 0 radical (unpaired) electrons. The van der Waals surface area contributed by atoms with Crippen LogP contribution in [0.2, 0.25) is 0 Å². The van der Waals surface area contributed by atoms with Gasteiger partial charge in [-0.25, -0.2) is 0 Å². The van der Waals surface area contributed by atoms with Crippen LogP contribution >= 0.6 is 0 Å². The summed E-state index contributed by atoms with van der Waals surface area (Å²) in [6, 6.07) is 10.0. The number of aromatic nitrogens is 1. The molecule has 1 aliphatic carbocycles. The Morgan fingerprint density at radius 3 is 2.62 bits per heavy atom. The van der Waals surface area contributed by atoms with Crippen molar-refractivity contribution < 1.29 is 19.0 Å². The summed E-state index contributed by atoms with van der Waals surface area (Å²) in [6.07, 6.45) is 5.05. The minimum absolute atomic E-state index is 0.442. The van der Waals surface area contributed by atoms with Gasteiger partial charge in [0.2, 0.25) is 0 Å². The van der Waals surface area contributed by atoms with Crippen molar-refractivity contribution in [2.75, 3.05) is 40.5 Å². The van der Waals surface area contributed by atoms with E-state index in [1.165, 1.54) is 0 Å². The minimum Gasteiger partial charge on any atom is -0.492 e. The predicted octanol–water partition coefficient (Wildman–Crippen LogP) is 3.65. The van der Waals surface area contributed by atoms with Crippen molar-refractivity contribution in [3.05, 3.63) is 41.5 Å². The Balaban J connectivity index is 1.62. The molecule has 1 aromatic heterocycles. The molecule has 0 spiro atoms. The molecule has 1 aliphatic heterocycles. The van der Waals surface area contributed by atoms with E-state index in [0.29, 0.717) is 31.3 Å². The molecule has 7 heteroatoms. The summed E-state index contributed by atoms with van der Waals surface area (Å²) in [4.78, 5) is 11.2. The first-order chi connectivity index (χ1) is 15.5. The van der Waals surface area contributed by atoms with E-state index < -0.39 is 6.10 Å². The highest BCUT2D eigenvalue weighted by Crippen LogP contribution is 2.46. The number of rotatable bonds is 6. The number of H-pyrrole nitrogens is 1. The van der Waals surface area contributed by atoms with Crippen LogP contribution in [0.15, 0.2) is 35.5 Å². The van der Waals surface area contributed by atoms with Gasteiger partial charge in [0, 0.05) is 34.1 Å². The van der Waals surface area contributed by atoms with Gasteiger partial charge in [0.05, 0.1) is 5.69 Å². The summed E-state index contributed by atoms with van der Waals surface area (Å²) < 4.78 is 17.6. The molecular weight excluding hydrogens is 406 g/mol. The van der Waals surface area contributed by atoms with Gasteiger partial charge in [-0.1, -0.05) is 11.1 Å². The Bertz CT molecular complexity index is 1250. The van der Waals surface area contributed by atoms with E-state index >= 15 is 0 Å². The molecule has 1 unspecified atom stereocenters. The fourth-order valence-corrected chi connectivity index (χ4v) is 3.94. The summed E-state index contributed by atoms with van der Waals surface area (Å²) in [5, 5.41) is 5.48. The molecule has 0 saturated heterocycles. The highest BCUT2D eigenvalue weighted by molar-refractivity contribution is 6.30. The summed E-state index contributed by atoms with van der Waals surface area (Å²) in [5.74, 6) is 4.79. The van der Waals surface area contributed by atoms with Gasteiger partial charge in [0.15, 0.2) is 17.6 Å². The Kier molecular flexibility index (Phi) is 5.16. The molecule has 164 valence electrons. The average molecular weight is 431 g/mol. The summed E-state index contributed by atoms with van der Waals surface area (Å²) >= 11 is 0. The van der Waals surface area contributed by atoms with Crippen LogP contribution in [0.3, 0.4) is 0 Å². The van der Waals surface area contributed by atoms with Crippen LogP contribution in [0, 0.1) is 12.3 Å². The fourth-order valence-electron chi connectivity index (χ4n) is 3.94. The molecule has 0 amide bonds. The zero-order valence-electron chi connectivity index (χ0n) is 18.4. The number of terminal acetylenes is 1. The van der Waals surface area contributed by atoms with E-state index in [1.807, 2.05) is 44.4 Å². The highest BCUT2D eigenvalue weighted by atomic mass is 16.6. The van der Waals surface area contributed by atoms with Crippen molar-refractivity contribution in [2.24, 2.45) is 5.16 Å². The fraction of sp³-hybridized carbons (Fsp3) is 0.320. The van der Waals surface area contributed by atoms with Crippen molar-refractivity contribution in [2.45, 2.75) is 13.0 Å². The number of hydrogen-bond acceptors (Lipinski definition) is 6. The molecule has 32 heavy (non-hydrogen) atoms. The van der Waals surface area contributed by atoms with Crippen molar-refractivity contribution >= 4 is 16.6 Å². The molecule has 1 atom stereocenters. The third-order valence-electron chi connectivity index (χ3n) is 5.56. The molecule has 2 heterocycles. The Morgan fingerprint density at radius 2 is 1.91 bits per heavy atom. The first-order valence-corrected chi connectivity index (χ1v) is 10.6. The lowest BCUT2D eigenvalue weighted by Gasteiger charge is -2.19. The van der Waals surface area contributed by atoms with Crippen LogP contribution in [-0.4, -0.2) is 62.2 Å². The molecular formula is C25H25N3O4. The lowest BCUT2D eigenvalue weighted by Crippen LogP contribution is -2.19. The topological polar surface area (TPSA) is 68.3 Å². The highest BCUT2D eigenvalue weighted by Gasteiger charge is 2.33. The van der Waals surface area contributed by atoms with Crippen LogP contribution < -0.4 is 14.2 Å². The number of aromatic amines is 1. The number of nitrogens with one attached hydrogen (secondary N) is 1. The maximum atomic E-state index is 5.97. The molecule has 1 N–H and O–H groups in total. The smallest absolute Gasteiger partial charge is 0.184 e. The first kappa shape index (κ1) is 20.3. The summed E-state index contributed by atoms with van der Waals surface area (Å²) in [6.45, 7) is 4.28. The maximum Gasteiger partial charge on any atom is 0.184 e. The van der Waals surface area contributed by atoms with Gasteiger partial charge in [-0.05, 0) is 51.4 Å². The van der Waals surface area contributed by atoms with Crippen LogP contribution in [0.4, 0.5) is 0 Å². The van der Waals surface area contributed by atoms with E-state index in [2.05, 4.69) is 21.0 Å². The van der Waals surface area contributed by atoms with E-state index in [0.717, 1.165) is 51.3 Å². The molecule has 0 bridgehead atoms. The molecule has 7 nitrogen and oxygen atoms in total. The molecule has 0 saturated carbocycles. The van der Waals surface area contributed by atoms with Crippen LogP contribution in [0.1, 0.15) is 18.1 Å². The van der Waals surface area contributed by atoms with Crippen molar-refractivity contribution in [1.82, 2.24) is 9.88 Å². The van der Waals surface area contributed by atoms with Crippen LogP contribution in [0.5, 0.6) is 17.2 Å². The number of benzene rings is 2. The van der Waals surface area contributed by atoms with Crippen LogP contribution in [-0.2, 0) is 4.84 Å². The van der Waals surface area contributed by atoms with Gasteiger partial charge in [0.1, 0.15) is 31.3 Å². The van der Waals surface area contributed by atoms with Gasteiger partial charge in [0.25, 0.3) is 0 Å². The third-order valence-corrected chi connectivity index (χ3v) is 5.56. The van der Waals surface area contributed by atoms with E-state index in [9.17, 15) is 0 Å². The quantitative estimate of drug-likeness (QED) is 0.373. The monoisotopic (exact) mass is 431 g/mol. The third kappa shape index (κ3) is 3.53. The number of oxime groups is 1. The Morgan fingerprint density at radius 1 is 1.16 bits per heavy atom. The van der Waals surface area contributed by atoms with E-state index in [4.69, 9.17) is 25.5 Å². The van der Waals surface area contributed by atoms with Gasteiger partial charge in [-0.3, -0.25) is 0 Å². The van der Waals surface area contributed by atoms with Crippen molar-refractivity contribution in [3.63, 3.8) is 0 Å². The average Bonchev–Trinajstić information content (AvgIpc) is 3.30. The standard InChI is InChI=1S/C25H25N3O4/c1-5-15(2)32-27-25-18-14-22-21(30-10-11-31-22)13-17(18)24-23(25)19-12-16(6-7-20(19)26-24)29-9-8-28(3)4/h1,6-7,12-15,26H,8-11H2,2-4H3. The zero-order valence-corrected chi connectivity index (χ0v) is 18.4. The molecule has 2 aliphatic rings. The second-order valence-corrected chi connectivity index (χ2v) is 8.13. The second kappa shape index (κ2) is 8.13. The minimum atomic E-state index is -0.442. The lowest BCUT2D eigenvalue weighted by molar-refractivity contribution is 0.113. The Labute approximate surface area is 186 Å². The maximum absolute atomic E-state index is 5.97. The van der Waals surface area contributed by atoms with Gasteiger partial charge >= 0.3 is 0 Å². The molecule has 0 fully saturated rings. The number of fused-ring (bicyclic) bond motifs is 6. The number of hydrogen-bond donors (Lipinski definition) is 1. The zero-order chi connectivity index (χ0) is 22.2. The number of nitrogens with zero attached hydrogens (tertiary/aromatic N) is 2. The number of likely N-dealkylation sites (N-methyl/N-ethyl adjacent to an activating group) is 1. The molecule has 3 aromatic rings. The number of ether oxygens (including phenoxy) is 3. The molecule has 2 aromatic carbocycles. The first-order valence-electron chi connectivity index (χ1n) is 10.6. The molecule has 5 rings (SSSR count). The van der Waals surface area contributed by atoms with Gasteiger partial charge < -0.3 is 28.9 Å². The van der Waals surface area contributed by atoms with Gasteiger partial charge in [-0.2, -0.15) is 0 Å². The SMILES string of the molecule is C#CC(C)ON=C1c2cc3c(cc2-c2[nH]c4ccc(OCCN(C)C)cc4c21)OCCO3. The van der Waals surface area contributed by atoms with E-state index in [-0.39, 0.29) is 0 Å². The van der Waals surface area contributed by atoms with Crippen molar-refractivity contribution in [3.8, 4) is 40.8 Å². The second-order valence-electron chi connectivity index (χ2n) is 8.13. The summed E-state index contributed by atoms with van der Waals surface area (Å²) in [7, 11) is 4.05. The van der Waals surface area contributed by atoms with Crippen molar-refractivity contribution in [1.29, 1.82) is 0 Å². The van der Waals surface area contributed by atoms with E-state index in [1.54, 1.807) is 6.92 Å².